The van der Waals surface area contributed by atoms with Gasteiger partial charge in [0.05, 0.1) is 16.6 Å². The van der Waals surface area contributed by atoms with E-state index in [9.17, 15) is 13.2 Å². The minimum Gasteiger partial charge on any atom is -0.486 e. The van der Waals surface area contributed by atoms with Crippen molar-refractivity contribution in [1.82, 2.24) is 5.32 Å². The first kappa shape index (κ1) is 23.9. The van der Waals surface area contributed by atoms with E-state index >= 15 is 0 Å². The van der Waals surface area contributed by atoms with Crippen LogP contribution in [0.25, 0.3) is 0 Å². The molecule has 3 aromatic carbocycles. The number of nitrogens with zero attached hydrogens (tertiary/aromatic N) is 1. The Morgan fingerprint density at radius 2 is 1.71 bits per heavy atom. The van der Waals surface area contributed by atoms with Crippen molar-refractivity contribution in [3.05, 3.63) is 82.9 Å². The van der Waals surface area contributed by atoms with Crippen LogP contribution in [0.3, 0.4) is 0 Å². The van der Waals surface area contributed by atoms with Crippen LogP contribution in [0, 0.1) is 6.92 Å². The molecule has 0 saturated heterocycles. The van der Waals surface area contributed by atoms with Crippen LogP contribution >= 0.6 is 11.6 Å². The van der Waals surface area contributed by atoms with Crippen molar-refractivity contribution in [3.8, 4) is 11.5 Å². The molecule has 0 bridgehead atoms. The van der Waals surface area contributed by atoms with Crippen LogP contribution in [0.2, 0.25) is 5.02 Å². The number of benzene rings is 3. The molecule has 1 unspecified atom stereocenters. The van der Waals surface area contributed by atoms with Gasteiger partial charge in [-0.25, -0.2) is 8.42 Å². The predicted octanol–water partition coefficient (Wildman–Crippen LogP) is 4.49. The van der Waals surface area contributed by atoms with E-state index in [2.05, 4.69) is 5.32 Å². The van der Waals surface area contributed by atoms with Gasteiger partial charge in [-0.3, -0.25) is 9.10 Å². The maximum absolute atomic E-state index is 13.5. The normalized spacial score (nSPS) is 13.7. The molecule has 1 aliphatic rings. The van der Waals surface area contributed by atoms with E-state index < -0.39 is 15.9 Å². The molecular formula is C25H25ClN2O5S. The largest absolute Gasteiger partial charge is 0.486 e. The minimum atomic E-state index is -4.02. The number of carbonyl (C=O) groups excluding carboxylic acids is 1. The van der Waals surface area contributed by atoms with E-state index in [4.69, 9.17) is 21.1 Å². The first-order chi connectivity index (χ1) is 16.3. The fraction of sp³-hybridized carbons (Fsp3) is 0.240. The topological polar surface area (TPSA) is 84.9 Å². The van der Waals surface area contributed by atoms with Crippen LogP contribution in [-0.4, -0.2) is 34.1 Å². The summed E-state index contributed by atoms with van der Waals surface area (Å²) < 4.78 is 39.3. The first-order valence-electron chi connectivity index (χ1n) is 10.8. The number of anilines is 1. The second-order valence-corrected chi connectivity index (χ2v) is 10.2. The fourth-order valence-electron chi connectivity index (χ4n) is 3.71. The lowest BCUT2D eigenvalue weighted by Crippen LogP contribution is -2.41. The zero-order chi connectivity index (χ0) is 24.3. The second kappa shape index (κ2) is 9.95. The van der Waals surface area contributed by atoms with Gasteiger partial charge >= 0.3 is 0 Å². The maximum Gasteiger partial charge on any atom is 0.264 e. The van der Waals surface area contributed by atoms with Crippen molar-refractivity contribution in [2.45, 2.75) is 24.8 Å². The van der Waals surface area contributed by atoms with Gasteiger partial charge in [0.25, 0.3) is 10.0 Å². The van der Waals surface area contributed by atoms with Crippen LogP contribution in [-0.2, 0) is 14.8 Å². The molecule has 178 valence electrons. The average Bonchev–Trinajstić information content (AvgIpc) is 2.83. The Morgan fingerprint density at radius 1 is 1.03 bits per heavy atom. The monoisotopic (exact) mass is 500 g/mol. The van der Waals surface area contributed by atoms with Gasteiger partial charge in [-0.2, -0.15) is 0 Å². The second-order valence-electron chi connectivity index (χ2n) is 7.94. The summed E-state index contributed by atoms with van der Waals surface area (Å²) in [5.41, 5.74) is 1.98. The highest BCUT2D eigenvalue weighted by Crippen LogP contribution is 2.33. The first-order valence-corrected chi connectivity index (χ1v) is 12.6. The third kappa shape index (κ3) is 5.13. The van der Waals surface area contributed by atoms with E-state index in [1.165, 1.54) is 24.3 Å². The predicted molar refractivity (Wildman–Crippen MR) is 131 cm³/mol. The number of nitrogens with one attached hydrogen (secondary N) is 1. The van der Waals surface area contributed by atoms with E-state index in [1.807, 2.05) is 25.1 Å². The van der Waals surface area contributed by atoms with Crippen LogP contribution in [0.4, 0.5) is 5.69 Å². The number of ether oxygens (including phenoxy) is 2. The maximum atomic E-state index is 13.5. The fourth-order valence-corrected chi connectivity index (χ4v) is 5.32. The van der Waals surface area contributed by atoms with E-state index in [0.29, 0.717) is 35.4 Å². The third-order valence-corrected chi connectivity index (χ3v) is 7.54. The minimum absolute atomic E-state index is 0.0489. The molecule has 1 amide bonds. The number of hydrogen-bond acceptors (Lipinski definition) is 5. The van der Waals surface area contributed by atoms with E-state index in [0.717, 1.165) is 15.4 Å². The van der Waals surface area contributed by atoms with Crippen molar-refractivity contribution in [3.63, 3.8) is 0 Å². The summed E-state index contributed by atoms with van der Waals surface area (Å²) in [5.74, 6) is 0.841. The number of sulfonamides is 1. The number of para-hydroxylation sites is 1. The lowest BCUT2D eigenvalue weighted by molar-refractivity contribution is -0.120. The highest BCUT2D eigenvalue weighted by molar-refractivity contribution is 7.92. The Morgan fingerprint density at radius 3 is 2.41 bits per heavy atom. The van der Waals surface area contributed by atoms with Gasteiger partial charge in [0.1, 0.15) is 19.8 Å². The van der Waals surface area contributed by atoms with Crippen LogP contribution in [0.15, 0.2) is 71.6 Å². The van der Waals surface area contributed by atoms with Crippen molar-refractivity contribution >= 4 is 33.2 Å². The van der Waals surface area contributed by atoms with Crippen molar-refractivity contribution in [2.75, 3.05) is 24.1 Å². The van der Waals surface area contributed by atoms with Crippen LogP contribution in [0.1, 0.15) is 24.1 Å². The molecule has 9 heteroatoms. The van der Waals surface area contributed by atoms with Crippen LogP contribution in [0.5, 0.6) is 11.5 Å². The average molecular weight is 501 g/mol. The molecule has 0 saturated carbocycles. The van der Waals surface area contributed by atoms with Gasteiger partial charge in [-0.1, -0.05) is 35.9 Å². The summed E-state index contributed by atoms with van der Waals surface area (Å²) in [6.07, 6.45) is 0. The van der Waals surface area contributed by atoms with Gasteiger partial charge in [-0.15, -0.1) is 0 Å². The highest BCUT2D eigenvalue weighted by Gasteiger charge is 2.29. The smallest absolute Gasteiger partial charge is 0.264 e. The van der Waals surface area contributed by atoms with Gasteiger partial charge < -0.3 is 14.8 Å². The molecule has 1 aliphatic heterocycles. The Balaban J connectivity index is 1.58. The summed E-state index contributed by atoms with van der Waals surface area (Å²) in [7, 11) is -4.02. The molecule has 1 atom stereocenters. The van der Waals surface area contributed by atoms with Gasteiger partial charge in [0, 0.05) is 5.02 Å². The Labute approximate surface area is 204 Å². The van der Waals surface area contributed by atoms with Crippen molar-refractivity contribution < 1.29 is 22.7 Å². The number of amides is 1. The Kier molecular flexibility index (Phi) is 7.00. The molecule has 0 spiro atoms. The van der Waals surface area contributed by atoms with Crippen LogP contribution < -0.4 is 19.1 Å². The Bertz CT molecular complexity index is 1290. The lowest BCUT2D eigenvalue weighted by Gasteiger charge is -2.26. The molecule has 3 aromatic rings. The highest BCUT2D eigenvalue weighted by atomic mass is 35.5. The number of rotatable bonds is 7. The zero-order valence-corrected chi connectivity index (χ0v) is 20.4. The number of halogens is 1. The van der Waals surface area contributed by atoms with Gasteiger partial charge in [-0.05, 0) is 67.4 Å². The molecule has 0 fully saturated rings. The summed E-state index contributed by atoms with van der Waals surface area (Å²) in [5, 5.41) is 3.32. The van der Waals surface area contributed by atoms with Gasteiger partial charge in [0.15, 0.2) is 11.5 Å². The molecule has 0 aromatic heterocycles. The molecule has 1 heterocycles. The molecule has 4 rings (SSSR count). The standard InChI is InChI=1S/C25H25ClN2O5S/c1-17-5-3-4-6-22(17)28(34(30,31)21-10-8-20(26)9-11-21)16-25(29)27-18(2)19-7-12-23-24(15-19)33-14-13-32-23/h3-12,15,18H,13-14,16H2,1-2H3,(H,27,29). The number of carbonyl (C=O) groups is 1. The molecule has 1 N–H and O–H groups in total. The van der Waals surface area contributed by atoms with Crippen molar-refractivity contribution in [1.29, 1.82) is 0 Å². The zero-order valence-electron chi connectivity index (χ0n) is 18.8. The molecule has 0 aliphatic carbocycles. The number of aryl methyl sites for hydroxylation is 1. The summed E-state index contributed by atoms with van der Waals surface area (Å²) >= 11 is 5.94. The molecule has 7 nitrogen and oxygen atoms in total. The molecule has 0 radical (unpaired) electrons. The van der Waals surface area contributed by atoms with Crippen molar-refractivity contribution in [2.24, 2.45) is 0 Å². The summed E-state index contributed by atoms with van der Waals surface area (Å²) in [4.78, 5) is 13.1. The Hall–Kier alpha value is -3.23. The third-order valence-electron chi connectivity index (χ3n) is 5.52. The quantitative estimate of drug-likeness (QED) is 0.516. The molecular weight excluding hydrogens is 476 g/mol. The van der Waals surface area contributed by atoms with E-state index in [1.54, 1.807) is 31.2 Å². The summed E-state index contributed by atoms with van der Waals surface area (Å²) in [6, 6.07) is 18.0. The molecule has 34 heavy (non-hydrogen) atoms. The van der Waals surface area contributed by atoms with E-state index in [-0.39, 0.29) is 17.5 Å². The number of fused-ring (bicyclic) bond motifs is 1. The summed E-state index contributed by atoms with van der Waals surface area (Å²) in [6.45, 7) is 4.20. The lowest BCUT2D eigenvalue weighted by atomic mass is 10.1. The number of hydrogen-bond donors (Lipinski definition) is 1. The SMILES string of the molecule is Cc1ccccc1N(CC(=O)NC(C)c1ccc2c(c1)OCCO2)S(=O)(=O)c1ccc(Cl)cc1. The van der Waals surface area contributed by atoms with Gasteiger partial charge in [0.2, 0.25) is 5.91 Å².